The van der Waals surface area contributed by atoms with E-state index in [2.05, 4.69) is 11.4 Å². The highest BCUT2D eigenvalue weighted by Gasteiger charge is 2.34. The van der Waals surface area contributed by atoms with Gasteiger partial charge >= 0.3 is 23.9 Å². The van der Waals surface area contributed by atoms with E-state index in [0.29, 0.717) is 64.4 Å². The maximum atomic E-state index is 13.2. The van der Waals surface area contributed by atoms with Crippen LogP contribution < -0.4 is 18.9 Å². The molecule has 0 N–H and O–H groups in total. The van der Waals surface area contributed by atoms with E-state index in [1.165, 1.54) is 19.1 Å². The van der Waals surface area contributed by atoms with Crippen LogP contribution in [0.5, 0.6) is 23.0 Å². The number of carbonyl (C=O) groups excluding carboxylic acids is 4. The van der Waals surface area contributed by atoms with Gasteiger partial charge in [-0.05, 0) is 87.8 Å². The van der Waals surface area contributed by atoms with E-state index < -0.39 is 23.8 Å². The number of unbranched alkanes of at least 4 members (excludes halogenated alkanes) is 3. The molecule has 1 aliphatic carbocycles. The molecular formula is C35H34N2O9S2. The summed E-state index contributed by atoms with van der Waals surface area (Å²) in [5, 5.41) is 9.33. The van der Waals surface area contributed by atoms with Gasteiger partial charge in [0.25, 0.3) is 5.70 Å². The van der Waals surface area contributed by atoms with Crippen molar-refractivity contribution in [3.63, 3.8) is 0 Å². The largest absolute Gasteiger partial charge is 0.494 e. The third-order valence-corrected chi connectivity index (χ3v) is 10.1. The van der Waals surface area contributed by atoms with Crippen LogP contribution in [0.15, 0.2) is 68.8 Å². The Labute approximate surface area is 287 Å². The normalized spacial score (nSPS) is 17.5. The Kier molecular flexibility index (Phi) is 13.5. The second-order valence-corrected chi connectivity index (χ2v) is 13.2. The number of ether oxygens (including phenoxy) is 5. The van der Waals surface area contributed by atoms with Crippen LogP contribution in [0.4, 0.5) is 0 Å². The van der Waals surface area contributed by atoms with Gasteiger partial charge in [0, 0.05) is 13.0 Å². The van der Waals surface area contributed by atoms with Crippen LogP contribution in [0.25, 0.3) is 4.85 Å². The first kappa shape index (κ1) is 36.1. The second-order valence-electron chi connectivity index (χ2n) is 10.9. The molecule has 2 aromatic rings. The lowest BCUT2D eigenvalue weighted by Crippen LogP contribution is -2.30. The summed E-state index contributed by atoms with van der Waals surface area (Å²) in [7, 11) is 0. The molecule has 2 aromatic carbocycles. The summed E-state index contributed by atoms with van der Waals surface area (Å²) in [4.78, 5) is 52.9. The van der Waals surface area contributed by atoms with Crippen molar-refractivity contribution in [3.8, 4) is 29.1 Å². The minimum atomic E-state index is -0.529. The SMILES string of the molecule is [C-]#[N+]/C(C#N)=C1/Sc2c(OC(C)=O)ccc(OC(=O)C3CCC(C(=O)Oc4ccc(OCCCCCCOC(=O)C=C)cc4)CC3)c2S1. The first-order chi connectivity index (χ1) is 23.2. The number of allylic oxidation sites excluding steroid dienone is 1. The van der Waals surface area contributed by atoms with E-state index in [4.69, 9.17) is 30.3 Å². The Balaban J connectivity index is 1.22. The van der Waals surface area contributed by atoms with Crippen molar-refractivity contribution < 1.29 is 42.9 Å². The van der Waals surface area contributed by atoms with E-state index in [1.54, 1.807) is 24.3 Å². The molecule has 11 nitrogen and oxygen atoms in total. The van der Waals surface area contributed by atoms with Gasteiger partial charge in [0.15, 0.2) is 0 Å². The fourth-order valence-corrected chi connectivity index (χ4v) is 7.46. The van der Waals surface area contributed by atoms with Crippen LogP contribution in [0, 0.1) is 29.7 Å². The summed E-state index contributed by atoms with van der Waals surface area (Å²) in [6.45, 7) is 12.8. The molecule has 1 fully saturated rings. The Hall–Kier alpha value is -4.72. The number of benzene rings is 2. The van der Waals surface area contributed by atoms with Crippen molar-refractivity contribution in [2.24, 2.45) is 11.8 Å². The van der Waals surface area contributed by atoms with Crippen LogP contribution in [-0.4, -0.2) is 37.1 Å². The van der Waals surface area contributed by atoms with Gasteiger partial charge in [0.1, 0.15) is 23.0 Å². The van der Waals surface area contributed by atoms with Gasteiger partial charge in [0.2, 0.25) is 0 Å². The quantitative estimate of drug-likeness (QED) is 0.0486. The Morgan fingerprint density at radius 1 is 0.854 bits per heavy atom. The molecular weight excluding hydrogens is 657 g/mol. The van der Waals surface area contributed by atoms with Crippen molar-refractivity contribution in [3.05, 3.63) is 70.4 Å². The fraction of sp³-hybridized carbons (Fsp3) is 0.371. The third kappa shape index (κ3) is 10.1. The molecule has 0 unspecified atom stereocenters. The Morgan fingerprint density at radius 3 is 1.94 bits per heavy atom. The van der Waals surface area contributed by atoms with Crippen molar-refractivity contribution in [1.82, 2.24) is 0 Å². The highest BCUT2D eigenvalue weighted by molar-refractivity contribution is 8.24. The van der Waals surface area contributed by atoms with Crippen LogP contribution in [0.3, 0.4) is 0 Å². The number of esters is 4. The number of hydrogen-bond donors (Lipinski definition) is 0. The smallest absolute Gasteiger partial charge is 0.330 e. The zero-order valence-electron chi connectivity index (χ0n) is 26.4. The first-order valence-corrected chi connectivity index (χ1v) is 17.0. The van der Waals surface area contributed by atoms with E-state index in [0.717, 1.165) is 55.3 Å². The van der Waals surface area contributed by atoms with E-state index >= 15 is 0 Å². The minimum Gasteiger partial charge on any atom is -0.494 e. The highest BCUT2D eigenvalue weighted by Crippen LogP contribution is 2.59. The summed E-state index contributed by atoms with van der Waals surface area (Å²) in [6.07, 6.45) is 6.49. The standard InChI is InChI=1S/C35H34N2O9S2/c1-4-30(39)43-20-8-6-5-7-19-42-25-13-15-26(16-14-25)45-33(40)23-9-11-24(12-10-23)34(41)46-29-18-17-28(44-22(2)38)31-32(29)48-35(47-31)27(21-36)37-3/h4,13-18,23-24H,1,5-12,19-20H2,2H3/b35-27-. The molecule has 0 radical (unpaired) electrons. The van der Waals surface area contributed by atoms with Crippen molar-refractivity contribution in [1.29, 1.82) is 5.26 Å². The lowest BCUT2D eigenvalue weighted by molar-refractivity contribution is -0.145. The Bertz CT molecular complexity index is 1630. The molecule has 0 bridgehead atoms. The molecule has 4 rings (SSSR count). The van der Waals surface area contributed by atoms with Crippen LogP contribution in [0.1, 0.15) is 58.3 Å². The van der Waals surface area contributed by atoms with Gasteiger partial charge in [-0.15, -0.1) is 0 Å². The molecule has 0 saturated heterocycles. The van der Waals surface area contributed by atoms with Gasteiger partial charge in [0.05, 0.1) is 51.7 Å². The molecule has 48 heavy (non-hydrogen) atoms. The number of thioether (sulfide) groups is 2. The molecule has 0 amide bonds. The molecule has 13 heteroatoms. The number of fused-ring (bicyclic) bond motifs is 1. The van der Waals surface area contributed by atoms with Gasteiger partial charge < -0.3 is 23.7 Å². The number of hydrogen-bond acceptors (Lipinski definition) is 12. The summed E-state index contributed by atoms with van der Waals surface area (Å²) in [6, 6.07) is 11.8. The number of carbonyl (C=O) groups is 4. The van der Waals surface area contributed by atoms with Gasteiger partial charge in [-0.3, -0.25) is 14.4 Å². The lowest BCUT2D eigenvalue weighted by Gasteiger charge is -2.26. The summed E-state index contributed by atoms with van der Waals surface area (Å²) in [5.74, 6) is -0.924. The van der Waals surface area contributed by atoms with Crippen LogP contribution in [-0.2, 0) is 23.9 Å². The summed E-state index contributed by atoms with van der Waals surface area (Å²) < 4.78 is 27.8. The average molecular weight is 691 g/mol. The predicted molar refractivity (Wildman–Crippen MR) is 177 cm³/mol. The molecule has 0 spiro atoms. The average Bonchev–Trinajstić information content (AvgIpc) is 3.54. The second kappa shape index (κ2) is 18.0. The maximum absolute atomic E-state index is 13.2. The number of nitrogens with zero attached hydrogens (tertiary/aromatic N) is 2. The monoisotopic (exact) mass is 690 g/mol. The van der Waals surface area contributed by atoms with E-state index in [-0.39, 0.29) is 29.1 Å². The van der Waals surface area contributed by atoms with Crippen molar-refractivity contribution >= 4 is 47.4 Å². The minimum absolute atomic E-state index is 0.105. The molecule has 1 heterocycles. The zero-order chi connectivity index (χ0) is 34.5. The fourth-order valence-electron chi connectivity index (χ4n) is 4.99. The van der Waals surface area contributed by atoms with Gasteiger partial charge in [-0.25, -0.2) is 14.9 Å². The predicted octanol–water partition coefficient (Wildman–Crippen LogP) is 7.41. The molecule has 2 aliphatic rings. The molecule has 0 aromatic heterocycles. The first-order valence-electron chi connectivity index (χ1n) is 15.4. The van der Waals surface area contributed by atoms with E-state index in [9.17, 15) is 24.4 Å². The molecule has 1 saturated carbocycles. The molecule has 250 valence electrons. The molecule has 1 aliphatic heterocycles. The number of nitriles is 1. The van der Waals surface area contributed by atoms with Crippen molar-refractivity contribution in [2.45, 2.75) is 68.1 Å². The Morgan fingerprint density at radius 2 is 1.40 bits per heavy atom. The third-order valence-electron chi connectivity index (χ3n) is 7.46. The maximum Gasteiger partial charge on any atom is 0.330 e. The number of rotatable bonds is 14. The van der Waals surface area contributed by atoms with Crippen molar-refractivity contribution in [2.75, 3.05) is 13.2 Å². The lowest BCUT2D eigenvalue weighted by atomic mass is 9.82. The van der Waals surface area contributed by atoms with E-state index in [1.807, 2.05) is 6.07 Å². The van der Waals surface area contributed by atoms with Gasteiger partial charge in [-0.1, -0.05) is 30.1 Å². The van der Waals surface area contributed by atoms with Crippen LogP contribution in [0.2, 0.25) is 0 Å². The zero-order valence-corrected chi connectivity index (χ0v) is 28.0. The summed E-state index contributed by atoms with van der Waals surface area (Å²) >= 11 is 2.24. The summed E-state index contributed by atoms with van der Waals surface area (Å²) in [5.41, 5.74) is -0.105. The molecule has 0 atom stereocenters. The highest BCUT2D eigenvalue weighted by atomic mass is 32.2. The van der Waals surface area contributed by atoms with Crippen LogP contribution >= 0.6 is 23.5 Å². The topological polar surface area (TPSA) is 143 Å². The van der Waals surface area contributed by atoms with Gasteiger partial charge in [-0.2, -0.15) is 0 Å².